The molecular weight excluding hydrogens is 300 g/mol. The summed E-state index contributed by atoms with van der Waals surface area (Å²) in [6.07, 6.45) is 0. The predicted octanol–water partition coefficient (Wildman–Crippen LogP) is 1.47. The molecule has 0 bridgehead atoms. The number of carbonyl (C=O) groups is 3. The Balaban J connectivity index is 1.81. The molecule has 0 spiro atoms. The van der Waals surface area contributed by atoms with Gasteiger partial charge in [0.25, 0.3) is 17.6 Å². The number of H-pyrrole nitrogens is 1. The number of nitrogens with one attached hydrogen (secondary N) is 1. The Hall–Kier alpha value is -3.03. The molecule has 1 aromatic heterocycles. The van der Waals surface area contributed by atoms with Gasteiger partial charge in [-0.25, -0.2) is 9.78 Å². The SMILES string of the molecule is CC(C)(C)c1nc(C(=O)ON2C(=O)c3ccccc3C2=O)n[nH]1. The molecule has 0 saturated carbocycles. The molecule has 8 heteroatoms. The minimum absolute atomic E-state index is 0.190. The van der Waals surface area contributed by atoms with Gasteiger partial charge >= 0.3 is 5.97 Å². The van der Waals surface area contributed by atoms with Gasteiger partial charge in [-0.1, -0.05) is 38.0 Å². The topological polar surface area (TPSA) is 105 Å². The first kappa shape index (κ1) is 14.9. The molecule has 0 aliphatic carbocycles. The van der Waals surface area contributed by atoms with Gasteiger partial charge in [-0.15, -0.1) is 5.10 Å². The molecular formula is C15H14N4O4. The van der Waals surface area contributed by atoms with Crippen LogP contribution < -0.4 is 0 Å². The number of hydroxylamine groups is 2. The van der Waals surface area contributed by atoms with Crippen LogP contribution in [0.25, 0.3) is 0 Å². The fraction of sp³-hybridized carbons (Fsp3) is 0.267. The average Bonchev–Trinajstić information content (AvgIpc) is 3.08. The fourth-order valence-electron chi connectivity index (χ4n) is 2.06. The molecule has 118 valence electrons. The summed E-state index contributed by atoms with van der Waals surface area (Å²) in [5, 5.41) is 6.84. The van der Waals surface area contributed by atoms with Crippen molar-refractivity contribution < 1.29 is 19.2 Å². The van der Waals surface area contributed by atoms with Crippen molar-refractivity contribution in [2.75, 3.05) is 0 Å². The summed E-state index contributed by atoms with van der Waals surface area (Å²) in [7, 11) is 0. The lowest BCUT2D eigenvalue weighted by atomic mass is 9.96. The molecule has 0 radical (unpaired) electrons. The number of carbonyl (C=O) groups excluding carboxylic acids is 3. The van der Waals surface area contributed by atoms with Crippen molar-refractivity contribution >= 4 is 17.8 Å². The summed E-state index contributed by atoms with van der Waals surface area (Å²) in [6, 6.07) is 6.24. The van der Waals surface area contributed by atoms with Crippen LogP contribution in [0.4, 0.5) is 0 Å². The van der Waals surface area contributed by atoms with E-state index >= 15 is 0 Å². The highest BCUT2D eigenvalue weighted by Crippen LogP contribution is 2.23. The maximum Gasteiger partial charge on any atom is 0.403 e. The van der Waals surface area contributed by atoms with E-state index in [0.29, 0.717) is 10.9 Å². The number of imide groups is 1. The lowest BCUT2D eigenvalue weighted by Gasteiger charge is -2.13. The van der Waals surface area contributed by atoms with Crippen molar-refractivity contribution in [1.29, 1.82) is 0 Å². The Morgan fingerprint density at radius 2 is 1.70 bits per heavy atom. The molecule has 2 amide bonds. The summed E-state index contributed by atoms with van der Waals surface area (Å²) in [5.41, 5.74) is 0.0486. The lowest BCUT2D eigenvalue weighted by Crippen LogP contribution is -2.33. The van der Waals surface area contributed by atoms with Gasteiger partial charge in [0.05, 0.1) is 11.1 Å². The van der Waals surface area contributed by atoms with E-state index in [2.05, 4.69) is 15.2 Å². The maximum atomic E-state index is 12.1. The van der Waals surface area contributed by atoms with Crippen molar-refractivity contribution in [3.63, 3.8) is 0 Å². The second-order valence-electron chi connectivity index (χ2n) is 6.09. The van der Waals surface area contributed by atoms with Crippen molar-refractivity contribution in [3.05, 3.63) is 47.0 Å². The van der Waals surface area contributed by atoms with E-state index < -0.39 is 17.8 Å². The zero-order chi connectivity index (χ0) is 16.8. The molecule has 1 aliphatic rings. The largest absolute Gasteiger partial charge is 0.403 e. The molecule has 1 N–H and O–H groups in total. The Kier molecular flexibility index (Phi) is 3.24. The average molecular weight is 314 g/mol. The highest BCUT2D eigenvalue weighted by Gasteiger charge is 2.39. The number of hydrogen-bond acceptors (Lipinski definition) is 6. The number of nitrogens with zero attached hydrogens (tertiary/aromatic N) is 3. The summed E-state index contributed by atoms with van der Waals surface area (Å²) >= 11 is 0. The molecule has 1 aromatic carbocycles. The van der Waals surface area contributed by atoms with E-state index in [1.807, 2.05) is 20.8 Å². The molecule has 1 aliphatic heterocycles. The monoisotopic (exact) mass is 314 g/mol. The van der Waals surface area contributed by atoms with Crippen LogP contribution in [0.3, 0.4) is 0 Å². The van der Waals surface area contributed by atoms with Crippen LogP contribution in [0.15, 0.2) is 24.3 Å². The van der Waals surface area contributed by atoms with Crippen LogP contribution in [0.5, 0.6) is 0 Å². The molecule has 0 fully saturated rings. The zero-order valence-corrected chi connectivity index (χ0v) is 12.8. The summed E-state index contributed by atoms with van der Waals surface area (Å²) < 4.78 is 0. The van der Waals surface area contributed by atoms with Gasteiger partial charge in [0.15, 0.2) is 0 Å². The van der Waals surface area contributed by atoms with Gasteiger partial charge in [0, 0.05) is 5.41 Å². The normalized spacial score (nSPS) is 14.1. The summed E-state index contributed by atoms with van der Waals surface area (Å²) in [4.78, 5) is 45.2. The van der Waals surface area contributed by atoms with Crippen molar-refractivity contribution in [2.45, 2.75) is 26.2 Å². The quantitative estimate of drug-likeness (QED) is 0.841. The standard InChI is InChI=1S/C15H14N4O4/c1-15(2,3)14-16-10(17-18-14)13(22)23-19-11(20)8-6-4-5-7-9(8)12(19)21/h4-7H,1-3H3,(H,16,17,18). The first-order valence-corrected chi connectivity index (χ1v) is 6.92. The number of benzene rings is 1. The van der Waals surface area contributed by atoms with Gasteiger partial charge in [0.1, 0.15) is 5.82 Å². The number of aromatic amines is 1. The Labute approximate surface area is 131 Å². The Morgan fingerprint density at radius 3 is 2.17 bits per heavy atom. The van der Waals surface area contributed by atoms with E-state index in [-0.39, 0.29) is 22.4 Å². The van der Waals surface area contributed by atoms with E-state index in [4.69, 9.17) is 4.84 Å². The number of rotatable bonds is 2. The van der Waals surface area contributed by atoms with Gasteiger partial charge in [0.2, 0.25) is 0 Å². The first-order valence-electron chi connectivity index (χ1n) is 6.92. The third kappa shape index (κ3) is 2.48. The maximum absolute atomic E-state index is 12.1. The third-order valence-electron chi connectivity index (χ3n) is 3.31. The van der Waals surface area contributed by atoms with E-state index in [0.717, 1.165) is 0 Å². The summed E-state index contributed by atoms with van der Waals surface area (Å²) in [6.45, 7) is 5.69. The van der Waals surface area contributed by atoms with Gasteiger partial charge in [-0.2, -0.15) is 0 Å². The minimum Gasteiger partial charge on any atom is -0.321 e. The van der Waals surface area contributed by atoms with E-state index in [9.17, 15) is 14.4 Å². The Morgan fingerprint density at radius 1 is 1.13 bits per heavy atom. The molecule has 23 heavy (non-hydrogen) atoms. The van der Waals surface area contributed by atoms with Gasteiger partial charge in [-0.05, 0) is 12.1 Å². The zero-order valence-electron chi connectivity index (χ0n) is 12.8. The molecule has 8 nitrogen and oxygen atoms in total. The highest BCUT2D eigenvalue weighted by atomic mass is 16.7. The van der Waals surface area contributed by atoms with Crippen molar-refractivity contribution in [3.8, 4) is 0 Å². The van der Waals surface area contributed by atoms with Crippen LogP contribution in [0.2, 0.25) is 0 Å². The fourth-order valence-corrected chi connectivity index (χ4v) is 2.06. The molecule has 2 heterocycles. The van der Waals surface area contributed by atoms with Crippen molar-refractivity contribution in [1.82, 2.24) is 20.2 Å². The van der Waals surface area contributed by atoms with Crippen LogP contribution in [-0.2, 0) is 10.3 Å². The smallest absolute Gasteiger partial charge is 0.321 e. The van der Waals surface area contributed by atoms with Crippen LogP contribution in [0.1, 0.15) is 57.9 Å². The lowest BCUT2D eigenvalue weighted by molar-refractivity contribution is -0.0592. The first-order chi connectivity index (χ1) is 10.8. The molecule has 3 rings (SSSR count). The summed E-state index contributed by atoms with van der Waals surface area (Å²) in [5.74, 6) is -2.11. The van der Waals surface area contributed by atoms with Crippen LogP contribution >= 0.6 is 0 Å². The number of aromatic nitrogens is 3. The highest BCUT2D eigenvalue weighted by molar-refractivity contribution is 6.21. The third-order valence-corrected chi connectivity index (χ3v) is 3.31. The minimum atomic E-state index is -0.980. The van der Waals surface area contributed by atoms with E-state index in [1.54, 1.807) is 12.1 Å². The number of fused-ring (bicyclic) bond motifs is 1. The van der Waals surface area contributed by atoms with E-state index in [1.165, 1.54) is 12.1 Å². The van der Waals surface area contributed by atoms with Gasteiger partial charge < -0.3 is 4.84 Å². The molecule has 0 saturated heterocycles. The second kappa shape index (κ2) is 5.01. The van der Waals surface area contributed by atoms with Crippen molar-refractivity contribution in [2.24, 2.45) is 0 Å². The number of amides is 2. The number of hydrogen-bond donors (Lipinski definition) is 1. The Bertz CT molecular complexity index is 784. The van der Waals surface area contributed by atoms with Crippen LogP contribution in [0, 0.1) is 0 Å². The van der Waals surface area contributed by atoms with Crippen LogP contribution in [-0.4, -0.2) is 38.0 Å². The second-order valence-corrected chi connectivity index (χ2v) is 6.09. The predicted molar refractivity (Wildman–Crippen MR) is 77.4 cm³/mol. The van der Waals surface area contributed by atoms with Gasteiger partial charge in [-0.3, -0.25) is 14.7 Å². The molecule has 0 unspecified atom stereocenters. The molecule has 2 aromatic rings. The molecule has 0 atom stereocenters.